The molecule has 4 nitrogen and oxygen atoms in total. The Morgan fingerprint density at radius 3 is 2.15 bits per heavy atom. The van der Waals surface area contributed by atoms with E-state index >= 15 is 0 Å². The lowest BCUT2D eigenvalue weighted by atomic mass is 9.96. The molecule has 0 radical (unpaired) electrons. The molecule has 1 aliphatic carbocycles. The summed E-state index contributed by atoms with van der Waals surface area (Å²) in [5.74, 6) is 0.202. The number of anilines is 1. The van der Waals surface area contributed by atoms with E-state index in [1.807, 2.05) is 19.2 Å². The van der Waals surface area contributed by atoms with E-state index in [2.05, 4.69) is 5.32 Å². The molecule has 1 aromatic rings. The molecule has 1 aromatic carbocycles. The summed E-state index contributed by atoms with van der Waals surface area (Å²) >= 11 is 0. The zero-order chi connectivity index (χ0) is 14.5. The predicted octanol–water partition coefficient (Wildman–Crippen LogP) is 2.87. The minimum Gasteiger partial charge on any atom is -0.423 e. The van der Waals surface area contributed by atoms with Crippen LogP contribution in [0.15, 0.2) is 47.6 Å². The number of hydrogen-bond acceptors (Lipinski definition) is 4. The maximum Gasteiger partial charge on any atom is 0.339 e. The number of carbonyl (C=O) groups is 2. The molecule has 1 N–H and O–H groups in total. The second kappa shape index (κ2) is 6.19. The van der Waals surface area contributed by atoms with Gasteiger partial charge in [-0.1, -0.05) is 12.2 Å². The zero-order valence-electron chi connectivity index (χ0n) is 11.6. The summed E-state index contributed by atoms with van der Waals surface area (Å²) < 4.78 is 5.30. The summed E-state index contributed by atoms with van der Waals surface area (Å²) in [7, 11) is 1.83. The molecule has 2 rings (SSSR count). The fourth-order valence-corrected chi connectivity index (χ4v) is 1.96. The van der Waals surface area contributed by atoms with E-state index in [0.29, 0.717) is 24.2 Å². The highest BCUT2D eigenvalue weighted by Gasteiger charge is 2.17. The monoisotopic (exact) mass is 271 g/mol. The van der Waals surface area contributed by atoms with E-state index in [1.54, 1.807) is 24.3 Å². The minimum absolute atomic E-state index is 0.0521. The molecule has 0 fully saturated rings. The van der Waals surface area contributed by atoms with Crippen LogP contribution in [0.1, 0.15) is 19.8 Å². The predicted molar refractivity (Wildman–Crippen MR) is 77.7 cm³/mol. The molecular weight excluding hydrogens is 254 g/mol. The van der Waals surface area contributed by atoms with Gasteiger partial charge in [0.1, 0.15) is 5.75 Å². The van der Waals surface area contributed by atoms with Crippen LogP contribution in [-0.2, 0) is 9.59 Å². The summed E-state index contributed by atoms with van der Waals surface area (Å²) in [5.41, 5.74) is 2.29. The van der Waals surface area contributed by atoms with Crippen molar-refractivity contribution in [3.05, 3.63) is 47.6 Å². The van der Waals surface area contributed by atoms with Gasteiger partial charge in [0, 0.05) is 18.3 Å². The highest BCUT2D eigenvalue weighted by Crippen LogP contribution is 2.22. The van der Waals surface area contributed by atoms with Crippen molar-refractivity contribution >= 4 is 17.4 Å². The quantitative estimate of drug-likeness (QED) is 0.676. The van der Waals surface area contributed by atoms with E-state index in [9.17, 15) is 9.59 Å². The first-order chi connectivity index (χ1) is 9.60. The van der Waals surface area contributed by atoms with Crippen molar-refractivity contribution in [2.75, 3.05) is 12.4 Å². The van der Waals surface area contributed by atoms with Crippen LogP contribution in [0.3, 0.4) is 0 Å². The topological polar surface area (TPSA) is 55.4 Å². The minimum atomic E-state index is -0.360. The van der Waals surface area contributed by atoms with Crippen LogP contribution in [0.2, 0.25) is 0 Å². The molecule has 1 aliphatic rings. The average molecular weight is 271 g/mol. The number of Topliss-reactive ketones (excluding diaryl/α,β-unsaturated/α-hetero) is 1. The van der Waals surface area contributed by atoms with Gasteiger partial charge in [0.05, 0.1) is 0 Å². The smallest absolute Gasteiger partial charge is 0.339 e. The molecule has 4 heteroatoms. The Labute approximate surface area is 118 Å². The van der Waals surface area contributed by atoms with Crippen molar-refractivity contribution in [1.29, 1.82) is 0 Å². The Kier molecular flexibility index (Phi) is 4.35. The summed E-state index contributed by atoms with van der Waals surface area (Å²) in [6, 6.07) is 7.16. The number of ether oxygens (including phenoxy) is 1. The fourth-order valence-electron chi connectivity index (χ4n) is 1.96. The van der Waals surface area contributed by atoms with Crippen LogP contribution in [0.25, 0.3) is 0 Å². The van der Waals surface area contributed by atoms with Gasteiger partial charge in [-0.2, -0.15) is 0 Å². The number of esters is 1. The molecule has 0 aromatic heterocycles. The molecular formula is C16H17NO3. The summed E-state index contributed by atoms with van der Waals surface area (Å²) in [5, 5.41) is 2.99. The third-order valence-electron chi connectivity index (χ3n) is 3.22. The molecule has 0 atom stereocenters. The lowest BCUT2D eigenvalue weighted by Gasteiger charge is -2.12. The van der Waals surface area contributed by atoms with Crippen LogP contribution in [0, 0.1) is 0 Å². The summed E-state index contributed by atoms with van der Waals surface area (Å²) in [6.07, 6.45) is 4.50. The molecule has 0 saturated carbocycles. The lowest BCUT2D eigenvalue weighted by molar-refractivity contribution is -0.130. The first-order valence-corrected chi connectivity index (χ1v) is 6.51. The molecule has 0 heterocycles. The van der Waals surface area contributed by atoms with Crippen molar-refractivity contribution < 1.29 is 14.3 Å². The van der Waals surface area contributed by atoms with E-state index in [0.717, 1.165) is 11.3 Å². The standard InChI is InChI=1S/C16H17NO3/c1-11(18)12-3-5-13(6-4-12)16(19)20-15-9-7-14(17-2)8-10-15/h3,5,7-10,17H,4,6H2,1-2H3. The number of allylic oxidation sites excluding steroid dienone is 3. The van der Waals surface area contributed by atoms with Crippen LogP contribution in [0.4, 0.5) is 5.69 Å². The van der Waals surface area contributed by atoms with E-state index in [4.69, 9.17) is 4.74 Å². The van der Waals surface area contributed by atoms with Gasteiger partial charge < -0.3 is 10.1 Å². The van der Waals surface area contributed by atoms with Crippen molar-refractivity contribution in [1.82, 2.24) is 0 Å². The van der Waals surface area contributed by atoms with E-state index < -0.39 is 0 Å². The van der Waals surface area contributed by atoms with Crippen molar-refractivity contribution in [2.24, 2.45) is 0 Å². The Bertz CT molecular complexity index is 582. The maximum atomic E-state index is 12.0. The molecule has 0 unspecified atom stereocenters. The van der Waals surface area contributed by atoms with Gasteiger partial charge in [-0.3, -0.25) is 4.79 Å². The molecule has 0 bridgehead atoms. The summed E-state index contributed by atoms with van der Waals surface area (Å²) in [6.45, 7) is 1.53. The summed E-state index contributed by atoms with van der Waals surface area (Å²) in [4.78, 5) is 23.2. The van der Waals surface area contributed by atoms with Crippen LogP contribution >= 0.6 is 0 Å². The second-order valence-corrected chi connectivity index (χ2v) is 4.60. The van der Waals surface area contributed by atoms with Gasteiger partial charge in [-0.15, -0.1) is 0 Å². The zero-order valence-corrected chi connectivity index (χ0v) is 11.6. The number of nitrogens with one attached hydrogen (secondary N) is 1. The second-order valence-electron chi connectivity index (χ2n) is 4.60. The van der Waals surface area contributed by atoms with Gasteiger partial charge in [0.25, 0.3) is 0 Å². The Morgan fingerprint density at radius 1 is 1.05 bits per heavy atom. The number of hydrogen-bond donors (Lipinski definition) is 1. The molecule has 0 spiro atoms. The normalized spacial score (nSPS) is 14.1. The van der Waals surface area contributed by atoms with Crippen LogP contribution in [0.5, 0.6) is 5.75 Å². The van der Waals surface area contributed by atoms with E-state index in [-0.39, 0.29) is 11.8 Å². The molecule has 0 amide bonds. The first kappa shape index (κ1) is 14.1. The highest BCUT2D eigenvalue weighted by molar-refractivity contribution is 5.96. The van der Waals surface area contributed by atoms with Crippen molar-refractivity contribution in [3.63, 3.8) is 0 Å². The lowest BCUT2D eigenvalue weighted by Crippen LogP contribution is -2.14. The maximum absolute atomic E-state index is 12.0. The largest absolute Gasteiger partial charge is 0.423 e. The highest BCUT2D eigenvalue weighted by atomic mass is 16.5. The first-order valence-electron chi connectivity index (χ1n) is 6.51. The molecule has 104 valence electrons. The van der Waals surface area contributed by atoms with E-state index in [1.165, 1.54) is 6.92 Å². The average Bonchev–Trinajstić information content (AvgIpc) is 2.48. The van der Waals surface area contributed by atoms with Crippen molar-refractivity contribution in [2.45, 2.75) is 19.8 Å². The SMILES string of the molecule is CNc1ccc(OC(=O)C2=CC=C(C(C)=O)CC2)cc1. The van der Waals surface area contributed by atoms with Gasteiger partial charge in [0.15, 0.2) is 5.78 Å². The Balaban J connectivity index is 2.03. The fraction of sp³-hybridized carbons (Fsp3) is 0.250. The molecule has 0 aliphatic heterocycles. The third kappa shape index (κ3) is 3.35. The Morgan fingerprint density at radius 2 is 1.65 bits per heavy atom. The van der Waals surface area contributed by atoms with Gasteiger partial charge >= 0.3 is 5.97 Å². The number of ketones is 1. The van der Waals surface area contributed by atoms with Crippen molar-refractivity contribution in [3.8, 4) is 5.75 Å². The van der Waals surface area contributed by atoms with Gasteiger partial charge in [0.2, 0.25) is 0 Å². The Hall–Kier alpha value is -2.36. The van der Waals surface area contributed by atoms with Crippen LogP contribution < -0.4 is 10.1 Å². The van der Waals surface area contributed by atoms with Gasteiger partial charge in [-0.25, -0.2) is 4.79 Å². The number of carbonyl (C=O) groups excluding carboxylic acids is 2. The number of benzene rings is 1. The molecule has 20 heavy (non-hydrogen) atoms. The third-order valence-corrected chi connectivity index (χ3v) is 3.22. The van der Waals surface area contributed by atoms with Gasteiger partial charge in [-0.05, 0) is 49.6 Å². The van der Waals surface area contributed by atoms with Crippen LogP contribution in [-0.4, -0.2) is 18.8 Å². The number of rotatable bonds is 4. The molecule has 0 saturated heterocycles.